The zero-order valence-corrected chi connectivity index (χ0v) is 29.0. The average Bonchev–Trinajstić information content (AvgIpc) is 3.03. The molecular formula is C30H37Cl2N7O6S2. The zero-order valence-electron chi connectivity index (χ0n) is 25.9. The maximum Gasteiger partial charge on any atom is 0.257 e. The Hall–Kier alpha value is -3.44. The summed E-state index contributed by atoms with van der Waals surface area (Å²) in [5.41, 5.74) is 6.67. The number of benzene rings is 3. The van der Waals surface area contributed by atoms with E-state index in [9.17, 15) is 26.4 Å². The normalized spacial score (nSPS) is 14.1. The van der Waals surface area contributed by atoms with Crippen LogP contribution in [0.4, 0.5) is 17.1 Å². The smallest absolute Gasteiger partial charge is 0.257 e. The van der Waals surface area contributed by atoms with Crippen LogP contribution in [0.5, 0.6) is 0 Å². The van der Waals surface area contributed by atoms with E-state index in [1.54, 1.807) is 18.2 Å². The van der Waals surface area contributed by atoms with Crippen molar-refractivity contribution in [2.24, 2.45) is 5.73 Å². The van der Waals surface area contributed by atoms with E-state index in [2.05, 4.69) is 16.0 Å². The van der Waals surface area contributed by atoms with Crippen LogP contribution in [0.15, 0.2) is 65.6 Å². The number of rotatable bonds is 13. The van der Waals surface area contributed by atoms with Crippen molar-refractivity contribution >= 4 is 72.1 Å². The number of amides is 2. The number of sulfonamides is 2. The van der Waals surface area contributed by atoms with Gasteiger partial charge in [-0.25, -0.2) is 16.8 Å². The van der Waals surface area contributed by atoms with E-state index in [0.29, 0.717) is 49.3 Å². The van der Waals surface area contributed by atoms with Crippen LogP contribution in [0.3, 0.4) is 0 Å². The van der Waals surface area contributed by atoms with Crippen LogP contribution in [0.2, 0.25) is 10.0 Å². The molecule has 1 heterocycles. The second-order valence-electron chi connectivity index (χ2n) is 10.8. The van der Waals surface area contributed by atoms with Crippen LogP contribution in [-0.4, -0.2) is 98.6 Å². The van der Waals surface area contributed by atoms with Gasteiger partial charge in [0.15, 0.2) is 0 Å². The molecule has 47 heavy (non-hydrogen) atoms. The number of nitrogens with zero attached hydrogens (tertiary/aromatic N) is 3. The quantitative estimate of drug-likeness (QED) is 0.193. The lowest BCUT2D eigenvalue weighted by Gasteiger charge is -2.35. The maximum atomic E-state index is 13.5. The van der Waals surface area contributed by atoms with Crippen LogP contribution >= 0.6 is 23.2 Å². The molecule has 1 saturated heterocycles. The highest BCUT2D eigenvalue weighted by Gasteiger charge is 2.29. The van der Waals surface area contributed by atoms with Gasteiger partial charge in [-0.3, -0.25) is 13.9 Å². The Kier molecular flexibility index (Phi) is 12.1. The van der Waals surface area contributed by atoms with E-state index in [1.165, 1.54) is 53.8 Å². The average molecular weight is 727 g/mol. The molecule has 13 nitrogen and oxygen atoms in total. The summed E-state index contributed by atoms with van der Waals surface area (Å²) >= 11 is 12.3. The van der Waals surface area contributed by atoms with Gasteiger partial charge in [0, 0.05) is 86.4 Å². The molecule has 1 aliphatic rings. The third-order valence-corrected chi connectivity index (χ3v) is 11.0. The van der Waals surface area contributed by atoms with Gasteiger partial charge in [-0.15, -0.1) is 0 Å². The first-order valence-electron chi connectivity index (χ1n) is 14.6. The van der Waals surface area contributed by atoms with Crippen LogP contribution < -0.4 is 30.9 Å². The second kappa shape index (κ2) is 15.6. The fourth-order valence-electron chi connectivity index (χ4n) is 4.87. The summed E-state index contributed by atoms with van der Waals surface area (Å²) in [5, 5.41) is 9.46. The number of nitrogens with two attached hydrogens (primary N) is 1. The molecular weight excluding hydrogens is 689 g/mol. The molecule has 254 valence electrons. The summed E-state index contributed by atoms with van der Waals surface area (Å²) in [6.07, 6.45) is 0.996. The molecule has 4 rings (SSSR count). The molecule has 2 amide bonds. The molecule has 3 aromatic rings. The van der Waals surface area contributed by atoms with Crippen LogP contribution in [0, 0.1) is 0 Å². The van der Waals surface area contributed by atoms with Gasteiger partial charge in [0.25, 0.3) is 11.8 Å². The highest BCUT2D eigenvalue weighted by molar-refractivity contribution is 7.92. The molecule has 3 aromatic carbocycles. The lowest BCUT2D eigenvalue weighted by molar-refractivity contribution is 0.0954. The van der Waals surface area contributed by atoms with E-state index in [4.69, 9.17) is 28.9 Å². The zero-order chi connectivity index (χ0) is 34.4. The van der Waals surface area contributed by atoms with Gasteiger partial charge in [0.2, 0.25) is 20.0 Å². The van der Waals surface area contributed by atoms with Gasteiger partial charge in [-0.1, -0.05) is 23.2 Å². The Morgan fingerprint density at radius 2 is 1.49 bits per heavy atom. The van der Waals surface area contributed by atoms with E-state index >= 15 is 0 Å². The van der Waals surface area contributed by atoms with Gasteiger partial charge in [0.05, 0.1) is 22.4 Å². The van der Waals surface area contributed by atoms with Gasteiger partial charge >= 0.3 is 0 Å². The fourth-order valence-corrected chi connectivity index (χ4v) is 7.33. The molecule has 0 bridgehead atoms. The minimum absolute atomic E-state index is 0.0480. The Morgan fingerprint density at radius 3 is 2.09 bits per heavy atom. The van der Waals surface area contributed by atoms with Crippen molar-refractivity contribution < 1.29 is 26.4 Å². The Morgan fingerprint density at radius 1 is 0.851 bits per heavy atom. The van der Waals surface area contributed by atoms with E-state index < -0.39 is 31.9 Å². The SMILES string of the molecule is CN(c1ccc(C(=O)NCCNCCN)cc1C(=O)Nc1ccc(S(=O)(=O)N2CCN(c3cc(Cl)cc(Cl)c3)CC2)cc1)S(C)(=O)=O. The van der Waals surface area contributed by atoms with E-state index in [1.807, 2.05) is 4.90 Å². The molecule has 17 heteroatoms. The monoisotopic (exact) mass is 725 g/mol. The fraction of sp³-hybridized carbons (Fsp3) is 0.333. The largest absolute Gasteiger partial charge is 0.369 e. The molecule has 5 N–H and O–H groups in total. The molecule has 1 fully saturated rings. The number of halogens is 2. The molecule has 0 aromatic heterocycles. The van der Waals surface area contributed by atoms with Crippen molar-refractivity contribution in [3.63, 3.8) is 0 Å². The third-order valence-electron chi connectivity index (χ3n) is 7.45. The number of carbonyl (C=O) groups is 2. The second-order valence-corrected chi connectivity index (χ2v) is 15.6. The third kappa shape index (κ3) is 9.34. The minimum Gasteiger partial charge on any atom is -0.369 e. The van der Waals surface area contributed by atoms with E-state index in [-0.39, 0.29) is 40.5 Å². The summed E-state index contributed by atoms with van der Waals surface area (Å²) in [7, 11) is -6.28. The molecule has 0 aliphatic carbocycles. The molecule has 0 saturated carbocycles. The van der Waals surface area contributed by atoms with E-state index in [0.717, 1.165) is 16.2 Å². The van der Waals surface area contributed by atoms with Crippen molar-refractivity contribution in [2.45, 2.75) is 4.90 Å². The Bertz CT molecular complexity index is 1800. The summed E-state index contributed by atoms with van der Waals surface area (Å²) < 4.78 is 53.8. The molecule has 0 unspecified atom stereocenters. The Balaban J connectivity index is 1.47. The Labute approximate surface area is 285 Å². The van der Waals surface area contributed by atoms with Gasteiger partial charge in [-0.05, 0) is 60.7 Å². The van der Waals surface area contributed by atoms with Crippen molar-refractivity contribution in [1.82, 2.24) is 14.9 Å². The predicted molar refractivity (Wildman–Crippen MR) is 186 cm³/mol. The lowest BCUT2D eigenvalue weighted by atomic mass is 10.1. The number of hydrogen-bond donors (Lipinski definition) is 4. The summed E-state index contributed by atoms with van der Waals surface area (Å²) in [5.74, 6) is -1.14. The van der Waals surface area contributed by atoms with Gasteiger partial charge in [0.1, 0.15) is 0 Å². The summed E-state index contributed by atoms with van der Waals surface area (Å²) in [6.45, 7) is 3.23. The maximum absolute atomic E-state index is 13.5. The number of nitrogens with one attached hydrogen (secondary N) is 3. The van der Waals surface area contributed by atoms with Gasteiger partial charge < -0.3 is 26.6 Å². The molecule has 0 atom stereocenters. The highest BCUT2D eigenvalue weighted by Crippen LogP contribution is 2.28. The number of carbonyl (C=O) groups excluding carboxylic acids is 2. The first-order valence-corrected chi connectivity index (χ1v) is 18.6. The van der Waals surface area contributed by atoms with Crippen molar-refractivity contribution in [3.8, 4) is 0 Å². The number of hydrogen-bond acceptors (Lipinski definition) is 9. The topological polar surface area (TPSA) is 174 Å². The standard InChI is InChI=1S/C30H37Cl2N7O6S2/c1-37(46(2,42)43)28-8-3-21(29(40)35-12-11-34-10-9-33)17-27(28)30(41)36-24-4-6-26(7-5-24)47(44,45)39-15-13-38(14-16-39)25-19-22(31)18-23(32)20-25/h3-8,17-20,34H,9-16,33H2,1-2H3,(H,35,40)(H,36,41). The summed E-state index contributed by atoms with van der Waals surface area (Å²) in [6, 6.07) is 15.0. The van der Waals surface area contributed by atoms with Crippen molar-refractivity contribution in [3.05, 3.63) is 81.8 Å². The molecule has 0 spiro atoms. The van der Waals surface area contributed by atoms with Crippen molar-refractivity contribution in [2.75, 3.05) is 80.2 Å². The van der Waals surface area contributed by atoms with Gasteiger partial charge in [-0.2, -0.15) is 4.31 Å². The number of anilines is 3. The predicted octanol–water partition coefficient (Wildman–Crippen LogP) is 2.43. The first kappa shape index (κ1) is 36.4. The number of piperazine rings is 1. The van der Waals surface area contributed by atoms with Crippen LogP contribution in [0.25, 0.3) is 0 Å². The van der Waals surface area contributed by atoms with Crippen molar-refractivity contribution in [1.29, 1.82) is 0 Å². The molecule has 0 radical (unpaired) electrons. The first-order chi connectivity index (χ1) is 22.2. The van der Waals surface area contributed by atoms with Crippen LogP contribution in [-0.2, 0) is 20.0 Å². The molecule has 1 aliphatic heterocycles. The lowest BCUT2D eigenvalue weighted by Crippen LogP contribution is -2.48. The highest BCUT2D eigenvalue weighted by atomic mass is 35.5. The minimum atomic E-state index is -3.83. The summed E-state index contributed by atoms with van der Waals surface area (Å²) in [4.78, 5) is 28.3. The van der Waals surface area contributed by atoms with Crippen LogP contribution in [0.1, 0.15) is 20.7 Å².